The highest BCUT2D eigenvalue weighted by Crippen LogP contribution is 2.27. The summed E-state index contributed by atoms with van der Waals surface area (Å²) in [4.78, 5) is 0. The Bertz CT molecular complexity index is 562. The first-order chi connectivity index (χ1) is 9.81. The lowest BCUT2D eigenvalue weighted by Gasteiger charge is -2.11. The first-order valence-electron chi connectivity index (χ1n) is 7.31. The maximum absolute atomic E-state index is 4.30. The van der Waals surface area contributed by atoms with Crippen LogP contribution in [0, 0.1) is 0 Å². The van der Waals surface area contributed by atoms with Gasteiger partial charge in [0, 0.05) is 0 Å². The zero-order valence-electron chi connectivity index (χ0n) is 12.2. The van der Waals surface area contributed by atoms with E-state index in [0.717, 1.165) is 6.42 Å². The third-order valence-corrected chi connectivity index (χ3v) is 3.41. The van der Waals surface area contributed by atoms with Crippen LogP contribution < -0.4 is 0 Å². The van der Waals surface area contributed by atoms with Crippen LogP contribution >= 0.6 is 0 Å². The van der Waals surface area contributed by atoms with Crippen LogP contribution in [0.2, 0.25) is 0 Å². The minimum absolute atomic E-state index is 1.06. The number of unbranched alkanes of at least 4 members (excludes halogenated alkanes) is 1. The molecule has 0 amide bonds. The predicted octanol–water partition coefficient (Wildman–Crippen LogP) is 5.97. The Labute approximate surface area is 122 Å². The summed E-state index contributed by atoms with van der Waals surface area (Å²) in [5.41, 5.74) is 4.95. The van der Waals surface area contributed by atoms with E-state index >= 15 is 0 Å². The van der Waals surface area contributed by atoms with Gasteiger partial charge >= 0.3 is 0 Å². The van der Waals surface area contributed by atoms with Crippen LogP contribution in [0.3, 0.4) is 0 Å². The molecule has 0 aliphatic heterocycles. The molecule has 0 saturated carbocycles. The summed E-state index contributed by atoms with van der Waals surface area (Å²) in [6.07, 6.45) is 5.70. The minimum Gasteiger partial charge on any atom is -0.0952 e. The molecule has 0 radical (unpaired) electrons. The van der Waals surface area contributed by atoms with E-state index in [4.69, 9.17) is 0 Å². The Balaban J connectivity index is 2.34. The van der Waals surface area contributed by atoms with Gasteiger partial charge in [-0.1, -0.05) is 80.6 Å². The van der Waals surface area contributed by atoms with E-state index in [1.807, 2.05) is 6.07 Å². The lowest BCUT2D eigenvalue weighted by molar-refractivity contribution is 0.802. The molecule has 0 fully saturated rings. The van der Waals surface area contributed by atoms with E-state index in [2.05, 4.69) is 74.2 Å². The van der Waals surface area contributed by atoms with Crippen molar-refractivity contribution in [3.05, 3.63) is 83.9 Å². The van der Waals surface area contributed by atoms with Crippen LogP contribution in [0.15, 0.2) is 72.8 Å². The molecule has 0 heteroatoms. The first-order valence-corrected chi connectivity index (χ1v) is 7.31. The molecule has 2 aromatic rings. The van der Waals surface area contributed by atoms with Crippen molar-refractivity contribution in [2.45, 2.75) is 26.2 Å². The van der Waals surface area contributed by atoms with Crippen LogP contribution in [-0.2, 0) is 0 Å². The quantitative estimate of drug-likeness (QED) is 0.444. The molecule has 0 aromatic heterocycles. The highest BCUT2D eigenvalue weighted by Gasteiger charge is 2.05. The molecular weight excluding hydrogens is 240 g/mol. The Hall–Kier alpha value is -2.08. The van der Waals surface area contributed by atoms with Gasteiger partial charge in [-0.05, 0) is 41.2 Å². The zero-order chi connectivity index (χ0) is 14.2. The molecule has 2 rings (SSSR count). The second kappa shape index (κ2) is 7.49. The molecule has 0 aliphatic rings. The number of benzene rings is 2. The van der Waals surface area contributed by atoms with Gasteiger partial charge in [0.15, 0.2) is 0 Å². The third-order valence-electron chi connectivity index (χ3n) is 3.41. The predicted molar refractivity (Wildman–Crippen MR) is 89.4 cm³/mol. The van der Waals surface area contributed by atoms with E-state index in [-0.39, 0.29) is 0 Å². The SMILES string of the molecule is C=C(CCCC)/C(=C/c1ccccc1)c1ccccc1. The zero-order valence-corrected chi connectivity index (χ0v) is 12.2. The lowest BCUT2D eigenvalue weighted by Crippen LogP contribution is -1.90. The Morgan fingerprint density at radius 2 is 1.55 bits per heavy atom. The Morgan fingerprint density at radius 3 is 2.15 bits per heavy atom. The molecule has 102 valence electrons. The largest absolute Gasteiger partial charge is 0.0952 e. The van der Waals surface area contributed by atoms with Crippen LogP contribution in [0.4, 0.5) is 0 Å². The molecule has 0 heterocycles. The molecule has 0 nitrogen and oxygen atoms in total. The molecule has 0 aliphatic carbocycles. The van der Waals surface area contributed by atoms with Crippen molar-refractivity contribution >= 4 is 11.6 Å². The number of hydrogen-bond donors (Lipinski definition) is 0. The molecule has 0 saturated heterocycles. The molecule has 0 bridgehead atoms. The third kappa shape index (κ3) is 3.96. The summed E-state index contributed by atoms with van der Waals surface area (Å²) in [7, 11) is 0. The number of rotatable bonds is 6. The van der Waals surface area contributed by atoms with Gasteiger partial charge < -0.3 is 0 Å². The highest BCUT2D eigenvalue weighted by atomic mass is 14.1. The first kappa shape index (κ1) is 14.3. The van der Waals surface area contributed by atoms with Crippen molar-refractivity contribution in [2.75, 3.05) is 0 Å². The van der Waals surface area contributed by atoms with Crippen molar-refractivity contribution in [3.63, 3.8) is 0 Å². The fourth-order valence-electron chi connectivity index (χ4n) is 2.25. The molecule has 2 aromatic carbocycles. The van der Waals surface area contributed by atoms with Gasteiger partial charge in [-0.25, -0.2) is 0 Å². The monoisotopic (exact) mass is 262 g/mol. The second-order valence-electron chi connectivity index (χ2n) is 5.04. The maximum Gasteiger partial charge on any atom is -0.0152 e. The average molecular weight is 262 g/mol. The van der Waals surface area contributed by atoms with Crippen LogP contribution in [0.1, 0.15) is 37.3 Å². The Kier molecular flexibility index (Phi) is 5.37. The van der Waals surface area contributed by atoms with E-state index < -0.39 is 0 Å². The topological polar surface area (TPSA) is 0 Å². The van der Waals surface area contributed by atoms with Crippen LogP contribution in [-0.4, -0.2) is 0 Å². The van der Waals surface area contributed by atoms with Gasteiger partial charge in [-0.2, -0.15) is 0 Å². The van der Waals surface area contributed by atoms with E-state index in [1.54, 1.807) is 0 Å². The second-order valence-corrected chi connectivity index (χ2v) is 5.04. The standard InChI is InChI=1S/C20H22/c1-3-4-11-17(2)20(19-14-9-6-10-15-19)16-18-12-7-5-8-13-18/h5-10,12-16H,2-4,11H2,1H3/b20-16-. The highest BCUT2D eigenvalue weighted by molar-refractivity contribution is 5.90. The summed E-state index contributed by atoms with van der Waals surface area (Å²) >= 11 is 0. The summed E-state index contributed by atoms with van der Waals surface area (Å²) in [6, 6.07) is 21.0. The molecule has 0 unspecified atom stereocenters. The average Bonchev–Trinajstić information content (AvgIpc) is 2.52. The van der Waals surface area contributed by atoms with Gasteiger partial charge in [0.05, 0.1) is 0 Å². The fraction of sp³-hybridized carbons (Fsp3) is 0.200. The molecule has 20 heavy (non-hydrogen) atoms. The maximum atomic E-state index is 4.30. The summed E-state index contributed by atoms with van der Waals surface area (Å²) in [5.74, 6) is 0. The van der Waals surface area contributed by atoms with Gasteiger partial charge in [-0.3, -0.25) is 0 Å². The van der Waals surface area contributed by atoms with E-state index in [1.165, 1.54) is 35.1 Å². The lowest BCUT2D eigenvalue weighted by atomic mass is 9.93. The van der Waals surface area contributed by atoms with Gasteiger partial charge in [0.25, 0.3) is 0 Å². The summed E-state index contributed by atoms with van der Waals surface area (Å²) in [5, 5.41) is 0. The van der Waals surface area contributed by atoms with Crippen molar-refractivity contribution in [1.29, 1.82) is 0 Å². The summed E-state index contributed by atoms with van der Waals surface area (Å²) in [6.45, 7) is 6.52. The smallest absolute Gasteiger partial charge is 0.0152 e. The molecular formula is C20H22. The van der Waals surface area contributed by atoms with Gasteiger partial charge in [0.2, 0.25) is 0 Å². The van der Waals surface area contributed by atoms with Crippen molar-refractivity contribution < 1.29 is 0 Å². The Morgan fingerprint density at radius 1 is 0.950 bits per heavy atom. The normalized spacial score (nSPS) is 11.3. The van der Waals surface area contributed by atoms with Gasteiger partial charge in [-0.15, -0.1) is 0 Å². The fourth-order valence-corrected chi connectivity index (χ4v) is 2.25. The van der Waals surface area contributed by atoms with Crippen molar-refractivity contribution in [1.82, 2.24) is 0 Å². The minimum atomic E-state index is 1.06. The molecule has 0 N–H and O–H groups in total. The van der Waals surface area contributed by atoms with Crippen molar-refractivity contribution in [2.24, 2.45) is 0 Å². The molecule has 0 atom stereocenters. The number of hydrogen-bond acceptors (Lipinski definition) is 0. The van der Waals surface area contributed by atoms with E-state index in [0.29, 0.717) is 0 Å². The van der Waals surface area contributed by atoms with E-state index in [9.17, 15) is 0 Å². The van der Waals surface area contributed by atoms with Gasteiger partial charge in [0.1, 0.15) is 0 Å². The van der Waals surface area contributed by atoms with Crippen LogP contribution in [0.5, 0.6) is 0 Å². The molecule has 0 spiro atoms. The van der Waals surface area contributed by atoms with Crippen LogP contribution in [0.25, 0.3) is 11.6 Å². The number of allylic oxidation sites excluding steroid dienone is 2. The van der Waals surface area contributed by atoms with Crippen molar-refractivity contribution in [3.8, 4) is 0 Å². The summed E-state index contributed by atoms with van der Waals surface area (Å²) < 4.78 is 0.